The SMILES string of the molecule is N#Cc1ccc(COc2cccc([C@H]3[C@@H]4CN(Cc5nc6c(Cl)cc(C(=O)O)cc6n5C[C@@H]5CCO5)C[C@@H]43)n2)c(F)c1. The predicted molar refractivity (Wildman–Crippen MR) is 151 cm³/mol. The van der Waals surface area contributed by atoms with Crippen molar-refractivity contribution < 1.29 is 23.8 Å². The Bertz CT molecular complexity index is 1740. The first kappa shape index (κ1) is 26.8. The molecule has 0 amide bonds. The third kappa shape index (κ3) is 4.98. The quantitative estimate of drug-likeness (QED) is 0.291. The van der Waals surface area contributed by atoms with Crippen molar-refractivity contribution in [1.29, 1.82) is 5.26 Å². The average molecular weight is 588 g/mol. The van der Waals surface area contributed by atoms with E-state index in [9.17, 15) is 14.3 Å². The molecule has 4 atom stereocenters. The van der Waals surface area contributed by atoms with Crippen LogP contribution in [0.4, 0.5) is 4.39 Å². The molecule has 214 valence electrons. The Balaban J connectivity index is 1.03. The number of aromatic carboxylic acids is 1. The first-order chi connectivity index (χ1) is 20.4. The Labute approximate surface area is 246 Å². The molecule has 2 aromatic carbocycles. The lowest BCUT2D eigenvalue weighted by Gasteiger charge is -2.28. The van der Waals surface area contributed by atoms with Gasteiger partial charge in [-0.2, -0.15) is 5.26 Å². The van der Waals surface area contributed by atoms with Gasteiger partial charge in [-0.1, -0.05) is 23.7 Å². The summed E-state index contributed by atoms with van der Waals surface area (Å²) in [5.41, 5.74) is 3.09. The predicted octanol–water partition coefficient (Wildman–Crippen LogP) is 5.01. The molecule has 2 saturated heterocycles. The van der Waals surface area contributed by atoms with E-state index in [2.05, 4.69) is 9.47 Å². The number of benzene rings is 2. The number of nitrogens with zero attached hydrogens (tertiary/aromatic N) is 5. The number of halogens is 2. The molecule has 9 nitrogen and oxygen atoms in total. The summed E-state index contributed by atoms with van der Waals surface area (Å²) in [6, 6.07) is 15.1. The third-order valence-electron chi connectivity index (χ3n) is 8.59. The summed E-state index contributed by atoms with van der Waals surface area (Å²) in [5.74, 6) is 1.08. The smallest absolute Gasteiger partial charge is 0.335 e. The molecule has 4 aromatic rings. The number of hydrogen-bond acceptors (Lipinski definition) is 7. The van der Waals surface area contributed by atoms with Gasteiger partial charge in [0.25, 0.3) is 0 Å². The van der Waals surface area contributed by atoms with Crippen molar-refractivity contribution in [3.05, 3.63) is 87.6 Å². The fraction of sp³-hybridized carbons (Fsp3) is 0.355. The van der Waals surface area contributed by atoms with Gasteiger partial charge in [0.1, 0.15) is 23.8 Å². The van der Waals surface area contributed by atoms with Crippen LogP contribution in [-0.4, -0.2) is 56.3 Å². The number of nitriles is 1. The number of pyridine rings is 1. The van der Waals surface area contributed by atoms with E-state index >= 15 is 0 Å². The van der Waals surface area contributed by atoms with Crippen LogP contribution in [0, 0.1) is 29.0 Å². The lowest BCUT2D eigenvalue weighted by Crippen LogP contribution is -2.33. The van der Waals surface area contributed by atoms with E-state index in [1.54, 1.807) is 24.3 Å². The van der Waals surface area contributed by atoms with E-state index in [1.807, 2.05) is 18.2 Å². The molecule has 0 bridgehead atoms. The van der Waals surface area contributed by atoms with Crippen molar-refractivity contribution >= 4 is 28.6 Å². The summed E-state index contributed by atoms with van der Waals surface area (Å²) in [6.45, 7) is 3.80. The van der Waals surface area contributed by atoms with Crippen LogP contribution in [0.2, 0.25) is 5.02 Å². The molecular formula is C31H27ClFN5O4. The average Bonchev–Trinajstić information content (AvgIpc) is 3.27. The number of likely N-dealkylation sites (tertiary alicyclic amines) is 1. The van der Waals surface area contributed by atoms with E-state index in [4.69, 9.17) is 36.3 Å². The Kier molecular flexibility index (Phi) is 6.81. The van der Waals surface area contributed by atoms with Crippen LogP contribution in [0.5, 0.6) is 5.88 Å². The minimum Gasteiger partial charge on any atom is -0.478 e. The summed E-state index contributed by atoms with van der Waals surface area (Å²) in [5, 5.41) is 18.8. The molecule has 1 aliphatic carbocycles. The maximum atomic E-state index is 14.2. The minimum atomic E-state index is -1.02. The molecule has 3 fully saturated rings. The highest BCUT2D eigenvalue weighted by atomic mass is 35.5. The van der Waals surface area contributed by atoms with Gasteiger partial charge in [-0.05, 0) is 48.6 Å². The van der Waals surface area contributed by atoms with Gasteiger partial charge in [0.2, 0.25) is 5.88 Å². The summed E-state index contributed by atoms with van der Waals surface area (Å²) < 4.78 is 27.8. The van der Waals surface area contributed by atoms with Gasteiger partial charge in [0.15, 0.2) is 0 Å². The van der Waals surface area contributed by atoms with Crippen molar-refractivity contribution in [2.75, 3.05) is 19.7 Å². The number of hydrogen-bond donors (Lipinski definition) is 1. The van der Waals surface area contributed by atoms with Gasteiger partial charge >= 0.3 is 5.97 Å². The van der Waals surface area contributed by atoms with Crippen LogP contribution in [-0.2, 0) is 24.4 Å². The standard InChI is InChI=1S/C31H27ClFN5O4/c32-23-9-19(31(39)40)10-26-30(23)36-27(38(26)12-20-6-7-41-20)15-37-13-21-22(14-37)29(21)25-2-1-3-28(35-25)42-16-18-5-4-17(11-34)8-24(18)33/h1-5,8-10,20-22,29H,6-7,12-16H2,(H,39,40)/t20-,21-,22+,29+/m0/s1. The number of carboxylic acids is 1. The number of carbonyl (C=O) groups is 1. The zero-order valence-electron chi connectivity index (χ0n) is 22.5. The third-order valence-corrected chi connectivity index (χ3v) is 8.88. The lowest BCUT2D eigenvalue weighted by atomic mass is 10.1. The number of ether oxygens (including phenoxy) is 2. The number of fused-ring (bicyclic) bond motifs is 2. The monoisotopic (exact) mass is 587 g/mol. The van der Waals surface area contributed by atoms with E-state index in [-0.39, 0.29) is 23.8 Å². The molecule has 7 rings (SSSR count). The largest absolute Gasteiger partial charge is 0.478 e. The van der Waals surface area contributed by atoms with Crippen LogP contribution >= 0.6 is 11.6 Å². The number of aromatic nitrogens is 3. The van der Waals surface area contributed by atoms with Crippen LogP contribution < -0.4 is 4.74 Å². The van der Waals surface area contributed by atoms with Gasteiger partial charge in [-0.3, -0.25) is 4.90 Å². The number of carboxylic acid groups (broad SMARTS) is 1. The second kappa shape index (κ2) is 10.7. The number of imidazole rings is 1. The Morgan fingerprint density at radius 2 is 2.00 bits per heavy atom. The molecule has 0 unspecified atom stereocenters. The van der Waals surface area contributed by atoms with Crippen molar-refractivity contribution in [1.82, 2.24) is 19.4 Å². The molecule has 3 aliphatic rings. The molecule has 2 aromatic heterocycles. The molecule has 4 heterocycles. The summed E-state index contributed by atoms with van der Waals surface area (Å²) in [6.07, 6.45) is 1.04. The molecule has 2 aliphatic heterocycles. The van der Waals surface area contributed by atoms with Crippen LogP contribution in [0.1, 0.15) is 45.3 Å². The highest BCUT2D eigenvalue weighted by Gasteiger charge is 2.57. The first-order valence-corrected chi connectivity index (χ1v) is 14.3. The Morgan fingerprint density at radius 3 is 2.69 bits per heavy atom. The number of rotatable bonds is 9. The van der Waals surface area contributed by atoms with Crippen molar-refractivity contribution in [3.8, 4) is 11.9 Å². The second-order valence-electron chi connectivity index (χ2n) is 11.2. The Hall–Kier alpha value is -4.04. The molecule has 42 heavy (non-hydrogen) atoms. The fourth-order valence-electron chi connectivity index (χ4n) is 6.27. The highest BCUT2D eigenvalue weighted by Crippen LogP contribution is 2.58. The maximum absolute atomic E-state index is 14.2. The van der Waals surface area contributed by atoms with Gasteiger partial charge in [-0.25, -0.2) is 19.2 Å². The summed E-state index contributed by atoms with van der Waals surface area (Å²) in [7, 11) is 0. The van der Waals surface area contributed by atoms with Gasteiger partial charge in [0, 0.05) is 42.9 Å². The van der Waals surface area contributed by atoms with Gasteiger partial charge in [0.05, 0.1) is 46.9 Å². The van der Waals surface area contributed by atoms with Gasteiger partial charge in [-0.15, -0.1) is 0 Å². The number of piperidine rings is 1. The Morgan fingerprint density at radius 1 is 1.19 bits per heavy atom. The van der Waals surface area contributed by atoms with Gasteiger partial charge < -0.3 is 19.1 Å². The minimum absolute atomic E-state index is 0.0319. The van der Waals surface area contributed by atoms with E-state index in [1.165, 1.54) is 12.1 Å². The van der Waals surface area contributed by atoms with Crippen LogP contribution in [0.25, 0.3) is 11.0 Å². The van der Waals surface area contributed by atoms with E-state index in [0.29, 0.717) is 52.8 Å². The topological polar surface area (TPSA) is 114 Å². The normalized spacial score (nSPS) is 22.9. The van der Waals surface area contributed by atoms with E-state index < -0.39 is 11.8 Å². The molecule has 1 saturated carbocycles. The first-order valence-electron chi connectivity index (χ1n) is 13.9. The zero-order chi connectivity index (χ0) is 29.0. The van der Waals surface area contributed by atoms with Crippen LogP contribution in [0.3, 0.4) is 0 Å². The molecule has 0 spiro atoms. The molecule has 11 heteroatoms. The molecule has 0 radical (unpaired) electrons. The van der Waals surface area contributed by atoms with Crippen molar-refractivity contribution in [2.45, 2.75) is 38.1 Å². The highest BCUT2D eigenvalue weighted by molar-refractivity contribution is 6.35. The zero-order valence-corrected chi connectivity index (χ0v) is 23.3. The summed E-state index contributed by atoms with van der Waals surface area (Å²) >= 11 is 6.47. The molecular weight excluding hydrogens is 561 g/mol. The second-order valence-corrected chi connectivity index (χ2v) is 11.6. The van der Waals surface area contributed by atoms with Crippen LogP contribution in [0.15, 0.2) is 48.5 Å². The van der Waals surface area contributed by atoms with E-state index in [0.717, 1.165) is 43.2 Å². The van der Waals surface area contributed by atoms with Crippen molar-refractivity contribution in [3.63, 3.8) is 0 Å². The summed E-state index contributed by atoms with van der Waals surface area (Å²) in [4.78, 5) is 23.6. The van der Waals surface area contributed by atoms with Crippen molar-refractivity contribution in [2.24, 2.45) is 11.8 Å². The fourth-order valence-corrected chi connectivity index (χ4v) is 6.53. The molecule has 1 N–H and O–H groups in total. The lowest BCUT2D eigenvalue weighted by molar-refractivity contribution is -0.0591. The maximum Gasteiger partial charge on any atom is 0.335 e.